The molecule has 0 aliphatic carbocycles. The normalized spacial score (nSPS) is 30.2. The molecule has 0 aromatic carbocycles. The van der Waals surface area contributed by atoms with E-state index >= 15 is 0 Å². The molecule has 3 rings (SSSR count). The molecular weight excluding hydrogens is 776 g/mol. The second kappa shape index (κ2) is 36.8. The number of ether oxygens (including phenoxy) is 12. The largest absolute Gasteiger partial charge is 0.382 e. The van der Waals surface area contributed by atoms with E-state index in [1.165, 1.54) is 0 Å². The van der Waals surface area contributed by atoms with Crippen LogP contribution in [0, 0.1) is 11.8 Å². The summed E-state index contributed by atoms with van der Waals surface area (Å²) < 4.78 is 82.5. The van der Waals surface area contributed by atoms with E-state index in [4.69, 9.17) is 56.8 Å². The van der Waals surface area contributed by atoms with Crippen molar-refractivity contribution in [3.05, 3.63) is 0 Å². The first kappa shape index (κ1) is 63.7. The Hall–Kier alpha value is -0.550. The van der Waals surface area contributed by atoms with Crippen LogP contribution in [0.3, 0.4) is 0 Å². The van der Waals surface area contributed by atoms with Gasteiger partial charge in [0, 0.05) is 26.1 Å². The van der Waals surface area contributed by atoms with Gasteiger partial charge in [-0.2, -0.15) is 0 Å². The van der Waals surface area contributed by atoms with E-state index in [1.807, 2.05) is 125 Å². The lowest BCUT2D eigenvalue weighted by molar-refractivity contribution is -0.215. The standard InChI is InChI=1S/C15H30O5.C14H28O4.C13H25FO3.2C2H6.CH4/c1-10(2)18-9-13-15(19-11(3)4)14(12(5)20-13)17-8-7-16-6;1-9(2)16-8-12-14(18-10(3)4)13(15-6)11(5)7-17-12;1-8(2)15-7-11-13(17-9(3)4)12(14)10(5)6-16-11;2*1-2;/h10-15H,7-9H2,1-6H3;9-14H,7-8H2,1-6H3;8-13H,6-7H2,1-5H3;2*1-2H3;1H4/t12-,13+,14-,15+;11-,12-,13+,14-;10-,11-,12+,13-;;;/m011.../s1. The molecule has 0 amide bonds. The first-order valence-corrected chi connectivity index (χ1v) is 22.8. The lowest BCUT2D eigenvalue weighted by Crippen LogP contribution is -2.54. The lowest BCUT2D eigenvalue weighted by Gasteiger charge is -2.41. The first-order valence-electron chi connectivity index (χ1n) is 22.8. The average Bonchev–Trinajstić information content (AvgIpc) is 3.46. The van der Waals surface area contributed by atoms with Crippen LogP contribution in [-0.4, -0.2) is 158 Å². The fourth-order valence-electron chi connectivity index (χ4n) is 6.48. The highest BCUT2D eigenvalue weighted by atomic mass is 19.1. The Morgan fingerprint density at radius 1 is 0.500 bits per heavy atom. The van der Waals surface area contributed by atoms with Gasteiger partial charge in [-0.15, -0.1) is 0 Å². The first-order chi connectivity index (χ1) is 27.8. The van der Waals surface area contributed by atoms with Gasteiger partial charge in [0.05, 0.1) is 95.1 Å². The molecule has 3 aliphatic rings. The molecule has 60 heavy (non-hydrogen) atoms. The summed E-state index contributed by atoms with van der Waals surface area (Å²) in [7, 11) is 3.41. The minimum atomic E-state index is -0.980. The van der Waals surface area contributed by atoms with Gasteiger partial charge < -0.3 is 56.8 Å². The van der Waals surface area contributed by atoms with Crippen molar-refractivity contribution >= 4 is 0 Å². The highest BCUT2D eigenvalue weighted by Crippen LogP contribution is 2.29. The third-order valence-corrected chi connectivity index (χ3v) is 9.10. The predicted molar refractivity (Wildman–Crippen MR) is 242 cm³/mol. The summed E-state index contributed by atoms with van der Waals surface area (Å²) in [4.78, 5) is 0. The van der Waals surface area contributed by atoms with Gasteiger partial charge in [-0.05, 0) is 90.0 Å². The highest BCUT2D eigenvalue weighted by molar-refractivity contribution is 4.92. The van der Waals surface area contributed by atoms with Crippen LogP contribution < -0.4 is 0 Å². The van der Waals surface area contributed by atoms with Crippen LogP contribution in [0.5, 0.6) is 0 Å². The Labute approximate surface area is 369 Å². The van der Waals surface area contributed by atoms with E-state index in [1.54, 1.807) is 14.2 Å². The van der Waals surface area contributed by atoms with E-state index < -0.39 is 12.3 Å². The molecule has 0 spiro atoms. The molecule has 3 heterocycles. The predicted octanol–water partition coefficient (Wildman–Crippen LogP) is 9.55. The van der Waals surface area contributed by atoms with Crippen LogP contribution in [0.25, 0.3) is 0 Å². The summed E-state index contributed by atoms with van der Waals surface area (Å²) >= 11 is 0. The average molecular weight is 875 g/mol. The van der Waals surface area contributed by atoms with Gasteiger partial charge in [-0.1, -0.05) is 49.0 Å². The summed E-state index contributed by atoms with van der Waals surface area (Å²) in [5, 5.41) is 0. The molecule has 0 saturated carbocycles. The molecule has 0 aromatic rings. The van der Waals surface area contributed by atoms with Gasteiger partial charge in [-0.25, -0.2) is 4.39 Å². The maximum absolute atomic E-state index is 14.1. The van der Waals surface area contributed by atoms with Crippen molar-refractivity contribution in [3.63, 3.8) is 0 Å². The van der Waals surface area contributed by atoms with Gasteiger partial charge in [-0.3, -0.25) is 0 Å². The van der Waals surface area contributed by atoms with Gasteiger partial charge in [0.15, 0.2) is 0 Å². The molecule has 3 fully saturated rings. The molecule has 13 heteroatoms. The maximum atomic E-state index is 14.1. The van der Waals surface area contributed by atoms with Crippen LogP contribution in [0.4, 0.5) is 4.39 Å². The molecular formula is C47H99FO12. The van der Waals surface area contributed by atoms with Gasteiger partial charge in [0.2, 0.25) is 0 Å². The smallest absolute Gasteiger partial charge is 0.134 e. The number of methoxy groups -OCH3 is 2. The highest BCUT2D eigenvalue weighted by Gasteiger charge is 2.45. The van der Waals surface area contributed by atoms with E-state index in [9.17, 15) is 4.39 Å². The summed E-state index contributed by atoms with van der Waals surface area (Å²) in [5.74, 6) is 0.225. The summed E-state index contributed by atoms with van der Waals surface area (Å²) in [6.45, 7) is 41.7. The molecule has 12 atom stereocenters. The fraction of sp³-hybridized carbons (Fsp3) is 1.00. The van der Waals surface area contributed by atoms with Gasteiger partial charge >= 0.3 is 0 Å². The molecule has 0 radical (unpaired) electrons. The zero-order valence-electron chi connectivity index (χ0n) is 41.6. The number of hydrogen-bond acceptors (Lipinski definition) is 12. The Morgan fingerprint density at radius 2 is 0.883 bits per heavy atom. The molecule has 0 bridgehead atoms. The number of hydrogen-bond donors (Lipinski definition) is 0. The third kappa shape index (κ3) is 26.3. The number of rotatable bonds is 20. The van der Waals surface area contributed by atoms with E-state index in [0.717, 1.165) is 0 Å². The van der Waals surface area contributed by atoms with Crippen LogP contribution in [0.2, 0.25) is 0 Å². The van der Waals surface area contributed by atoms with E-state index in [0.29, 0.717) is 52.2 Å². The monoisotopic (exact) mass is 875 g/mol. The topological polar surface area (TPSA) is 111 Å². The van der Waals surface area contributed by atoms with E-state index in [-0.39, 0.29) is 98.8 Å². The summed E-state index contributed by atoms with van der Waals surface area (Å²) in [6.07, 6.45) is -1.30. The Bertz CT molecular complexity index is 942. The number of alkyl halides is 1. The molecule has 366 valence electrons. The van der Waals surface area contributed by atoms with E-state index in [2.05, 4.69) is 6.92 Å². The van der Waals surface area contributed by atoms with Crippen molar-refractivity contribution in [1.29, 1.82) is 0 Å². The fourth-order valence-corrected chi connectivity index (χ4v) is 6.48. The lowest BCUT2D eigenvalue weighted by atomic mass is 9.93. The van der Waals surface area contributed by atoms with Crippen molar-refractivity contribution < 1.29 is 61.2 Å². The Kier molecular flexibility index (Phi) is 39.0. The number of halogens is 1. The third-order valence-electron chi connectivity index (χ3n) is 9.10. The van der Waals surface area contributed by atoms with Gasteiger partial charge in [0.1, 0.15) is 48.9 Å². The van der Waals surface area contributed by atoms with Crippen molar-refractivity contribution in [2.45, 2.75) is 237 Å². The molecule has 0 aromatic heterocycles. The second-order valence-electron chi connectivity index (χ2n) is 16.6. The zero-order valence-corrected chi connectivity index (χ0v) is 41.6. The van der Waals surface area contributed by atoms with Crippen molar-refractivity contribution in [2.24, 2.45) is 11.8 Å². The molecule has 3 aliphatic heterocycles. The molecule has 3 saturated heterocycles. The second-order valence-corrected chi connectivity index (χ2v) is 16.6. The van der Waals surface area contributed by atoms with Crippen molar-refractivity contribution in [2.75, 3.05) is 60.5 Å². The molecule has 0 unspecified atom stereocenters. The van der Waals surface area contributed by atoms with Crippen LogP contribution in [0.15, 0.2) is 0 Å². The molecule has 12 nitrogen and oxygen atoms in total. The minimum Gasteiger partial charge on any atom is -0.382 e. The Morgan fingerprint density at radius 3 is 1.28 bits per heavy atom. The Balaban J connectivity index is -0.000000774. The van der Waals surface area contributed by atoms with Crippen molar-refractivity contribution in [3.8, 4) is 0 Å². The minimum absolute atomic E-state index is 0. The maximum Gasteiger partial charge on any atom is 0.134 e. The summed E-state index contributed by atoms with van der Waals surface area (Å²) in [6, 6.07) is 0. The SMILES string of the molecule is C.CC.CC.CC(C)OC[C@H]1OC[C@@H](C)[C@H](F)[C@@H]1OC(C)C.COCCO[C@@H]1[C@H](OC(C)C)[C@@H](COC(C)C)O[C@H]1C.CO[C@@H]1[C@H](OC(C)C)[C@@H](COC(C)C)OC[C@H]1C. The van der Waals surface area contributed by atoms with Crippen LogP contribution >= 0.6 is 0 Å². The van der Waals surface area contributed by atoms with Crippen molar-refractivity contribution in [1.82, 2.24) is 0 Å². The van der Waals surface area contributed by atoms with Crippen LogP contribution in [-0.2, 0) is 56.8 Å². The quantitative estimate of drug-likeness (QED) is 0.109. The van der Waals surface area contributed by atoms with Crippen LogP contribution in [0.1, 0.15) is 139 Å². The summed E-state index contributed by atoms with van der Waals surface area (Å²) in [5.41, 5.74) is 0. The zero-order chi connectivity index (χ0) is 45.8. The molecule has 0 N–H and O–H groups in total. The van der Waals surface area contributed by atoms with Gasteiger partial charge in [0.25, 0.3) is 0 Å².